The van der Waals surface area contributed by atoms with Gasteiger partial charge in [0.05, 0.1) is 5.69 Å². The number of carbonyl (C=O) groups is 1. The van der Waals surface area contributed by atoms with Crippen molar-refractivity contribution in [3.05, 3.63) is 53.2 Å². The number of urea groups is 1. The predicted octanol–water partition coefficient (Wildman–Crippen LogP) is 2.99. The zero-order valence-corrected chi connectivity index (χ0v) is 13.4. The van der Waals surface area contributed by atoms with Gasteiger partial charge < -0.3 is 15.2 Å². The maximum atomic E-state index is 12.1. The average Bonchev–Trinajstić information content (AvgIpc) is 3.18. The Morgan fingerprint density at radius 2 is 2.04 bits per heavy atom. The SMILES string of the molecule is Cc1noc(CCNC(=O)Nc2ccc3c4c(cccc24)CC3)n1. The van der Waals surface area contributed by atoms with Gasteiger partial charge in [0.1, 0.15) is 0 Å². The second kappa shape index (κ2) is 5.96. The first-order chi connectivity index (χ1) is 11.7. The molecule has 1 aliphatic rings. The molecule has 1 aromatic heterocycles. The molecule has 0 spiro atoms. The number of nitrogens with zero attached hydrogens (tertiary/aromatic N) is 2. The summed E-state index contributed by atoms with van der Waals surface area (Å²) in [6.45, 7) is 2.21. The number of aryl methyl sites for hydroxylation is 3. The molecule has 2 aromatic carbocycles. The summed E-state index contributed by atoms with van der Waals surface area (Å²) >= 11 is 0. The molecule has 2 amide bonds. The van der Waals surface area contributed by atoms with E-state index >= 15 is 0 Å². The quantitative estimate of drug-likeness (QED) is 0.774. The molecule has 0 aliphatic heterocycles. The van der Waals surface area contributed by atoms with Crippen LogP contribution in [0.15, 0.2) is 34.9 Å². The van der Waals surface area contributed by atoms with Crippen LogP contribution in [0.5, 0.6) is 0 Å². The lowest BCUT2D eigenvalue weighted by Gasteiger charge is -2.11. The van der Waals surface area contributed by atoms with Gasteiger partial charge in [-0.25, -0.2) is 4.79 Å². The summed E-state index contributed by atoms with van der Waals surface area (Å²) in [5, 5.41) is 11.9. The fourth-order valence-electron chi connectivity index (χ4n) is 3.25. The molecule has 6 heteroatoms. The summed E-state index contributed by atoms with van der Waals surface area (Å²) in [4.78, 5) is 16.3. The Kier molecular flexibility index (Phi) is 3.65. The highest BCUT2D eigenvalue weighted by Gasteiger charge is 2.16. The van der Waals surface area contributed by atoms with Crippen LogP contribution >= 0.6 is 0 Å². The molecule has 0 saturated carbocycles. The van der Waals surface area contributed by atoms with Gasteiger partial charge in [0.25, 0.3) is 0 Å². The van der Waals surface area contributed by atoms with Crippen molar-refractivity contribution in [2.24, 2.45) is 0 Å². The number of hydrogen-bond donors (Lipinski definition) is 2. The Balaban J connectivity index is 1.44. The van der Waals surface area contributed by atoms with Gasteiger partial charge in [0.15, 0.2) is 5.82 Å². The molecule has 0 unspecified atom stereocenters. The van der Waals surface area contributed by atoms with Crippen molar-refractivity contribution < 1.29 is 9.32 Å². The summed E-state index contributed by atoms with van der Waals surface area (Å²) in [7, 11) is 0. The van der Waals surface area contributed by atoms with Gasteiger partial charge in [0, 0.05) is 18.4 Å². The van der Waals surface area contributed by atoms with Crippen molar-refractivity contribution in [2.75, 3.05) is 11.9 Å². The first-order valence-electron chi connectivity index (χ1n) is 8.08. The Morgan fingerprint density at radius 3 is 2.83 bits per heavy atom. The predicted molar refractivity (Wildman–Crippen MR) is 91.1 cm³/mol. The van der Waals surface area contributed by atoms with E-state index in [9.17, 15) is 4.79 Å². The van der Waals surface area contributed by atoms with Gasteiger partial charge in [-0.2, -0.15) is 4.98 Å². The van der Waals surface area contributed by atoms with Gasteiger partial charge in [0.2, 0.25) is 5.89 Å². The van der Waals surface area contributed by atoms with Crippen LogP contribution in [0, 0.1) is 6.92 Å². The van der Waals surface area contributed by atoms with Crippen LogP contribution in [-0.2, 0) is 19.3 Å². The first kappa shape index (κ1) is 14.7. The molecule has 1 heterocycles. The molecule has 2 N–H and O–H groups in total. The van der Waals surface area contributed by atoms with E-state index in [0.29, 0.717) is 24.7 Å². The molecule has 6 nitrogen and oxygen atoms in total. The monoisotopic (exact) mass is 322 g/mol. The van der Waals surface area contributed by atoms with Crippen LogP contribution in [-0.4, -0.2) is 22.7 Å². The summed E-state index contributed by atoms with van der Waals surface area (Å²) < 4.78 is 5.02. The maximum Gasteiger partial charge on any atom is 0.319 e. The fourth-order valence-corrected chi connectivity index (χ4v) is 3.25. The van der Waals surface area contributed by atoms with Gasteiger partial charge in [-0.15, -0.1) is 0 Å². The molecule has 0 saturated heterocycles. The molecule has 0 bridgehead atoms. The smallest absolute Gasteiger partial charge is 0.319 e. The van der Waals surface area contributed by atoms with E-state index in [-0.39, 0.29) is 6.03 Å². The molecule has 4 rings (SSSR count). The Morgan fingerprint density at radius 1 is 1.21 bits per heavy atom. The molecule has 3 aromatic rings. The minimum atomic E-state index is -0.232. The third-order valence-corrected chi connectivity index (χ3v) is 4.32. The number of anilines is 1. The molecule has 0 atom stereocenters. The van der Waals surface area contributed by atoms with E-state index in [2.05, 4.69) is 39.0 Å². The lowest BCUT2D eigenvalue weighted by atomic mass is 10.0. The Hall–Kier alpha value is -2.89. The van der Waals surface area contributed by atoms with E-state index in [4.69, 9.17) is 4.52 Å². The molecule has 24 heavy (non-hydrogen) atoms. The van der Waals surface area contributed by atoms with Crippen molar-refractivity contribution in [1.82, 2.24) is 15.5 Å². The maximum absolute atomic E-state index is 12.1. The number of rotatable bonds is 4. The van der Waals surface area contributed by atoms with Crippen molar-refractivity contribution in [3.63, 3.8) is 0 Å². The Bertz CT molecular complexity index is 906. The van der Waals surface area contributed by atoms with E-state index in [0.717, 1.165) is 23.9 Å². The van der Waals surface area contributed by atoms with Crippen molar-refractivity contribution in [3.8, 4) is 0 Å². The minimum absolute atomic E-state index is 0.232. The number of hydrogen-bond acceptors (Lipinski definition) is 4. The summed E-state index contributed by atoms with van der Waals surface area (Å²) in [5.74, 6) is 1.13. The number of carbonyl (C=O) groups excluding carboxylic acids is 1. The first-order valence-corrected chi connectivity index (χ1v) is 8.08. The van der Waals surface area contributed by atoms with Crippen molar-refractivity contribution in [2.45, 2.75) is 26.2 Å². The number of nitrogens with one attached hydrogen (secondary N) is 2. The van der Waals surface area contributed by atoms with Crippen LogP contribution in [0.3, 0.4) is 0 Å². The van der Waals surface area contributed by atoms with Crippen LogP contribution in [0.1, 0.15) is 22.8 Å². The molecular weight excluding hydrogens is 304 g/mol. The zero-order valence-electron chi connectivity index (χ0n) is 13.4. The number of benzene rings is 2. The van der Waals surface area contributed by atoms with E-state index < -0.39 is 0 Å². The third kappa shape index (κ3) is 2.71. The van der Waals surface area contributed by atoms with E-state index in [1.165, 1.54) is 16.5 Å². The largest absolute Gasteiger partial charge is 0.339 e. The molecule has 1 aliphatic carbocycles. The van der Waals surface area contributed by atoms with E-state index in [1.807, 2.05) is 12.1 Å². The van der Waals surface area contributed by atoms with Crippen LogP contribution in [0.25, 0.3) is 10.8 Å². The fraction of sp³-hybridized carbons (Fsp3) is 0.278. The van der Waals surface area contributed by atoms with E-state index in [1.54, 1.807) is 6.92 Å². The normalized spacial score (nSPS) is 12.5. The van der Waals surface area contributed by atoms with Crippen LogP contribution in [0.2, 0.25) is 0 Å². The number of aromatic nitrogens is 2. The topological polar surface area (TPSA) is 80.0 Å². The highest BCUT2D eigenvalue weighted by atomic mass is 16.5. The van der Waals surface area contributed by atoms with Gasteiger partial charge in [-0.05, 0) is 42.3 Å². The number of amides is 2. The minimum Gasteiger partial charge on any atom is -0.339 e. The standard InChI is InChI=1S/C18H18N4O2/c1-11-20-16(24-22-11)9-10-19-18(23)21-15-8-7-13-6-5-12-3-2-4-14(15)17(12)13/h2-4,7-8H,5-6,9-10H2,1H3,(H2,19,21,23). The summed E-state index contributed by atoms with van der Waals surface area (Å²) in [5.41, 5.74) is 3.56. The highest BCUT2D eigenvalue weighted by molar-refractivity contribution is 6.04. The second-order valence-electron chi connectivity index (χ2n) is 5.98. The highest BCUT2D eigenvalue weighted by Crippen LogP contribution is 2.34. The lowest BCUT2D eigenvalue weighted by molar-refractivity contribution is 0.252. The second-order valence-corrected chi connectivity index (χ2v) is 5.98. The molecule has 122 valence electrons. The van der Waals surface area contributed by atoms with Gasteiger partial charge in [-0.1, -0.05) is 29.4 Å². The average molecular weight is 322 g/mol. The Labute approximate surface area is 139 Å². The summed E-state index contributed by atoms with van der Waals surface area (Å²) in [6.07, 6.45) is 2.66. The lowest BCUT2D eigenvalue weighted by Crippen LogP contribution is -2.30. The van der Waals surface area contributed by atoms with Gasteiger partial charge in [-0.3, -0.25) is 0 Å². The van der Waals surface area contributed by atoms with Crippen molar-refractivity contribution in [1.29, 1.82) is 0 Å². The molecular formula is C18H18N4O2. The summed E-state index contributed by atoms with van der Waals surface area (Å²) in [6, 6.07) is 10.1. The third-order valence-electron chi connectivity index (χ3n) is 4.32. The molecule has 0 fully saturated rings. The van der Waals surface area contributed by atoms with Crippen LogP contribution in [0.4, 0.5) is 10.5 Å². The van der Waals surface area contributed by atoms with Crippen molar-refractivity contribution >= 4 is 22.5 Å². The van der Waals surface area contributed by atoms with Crippen LogP contribution < -0.4 is 10.6 Å². The molecule has 0 radical (unpaired) electrons. The van der Waals surface area contributed by atoms with Gasteiger partial charge >= 0.3 is 6.03 Å². The zero-order chi connectivity index (χ0) is 16.5.